The van der Waals surface area contributed by atoms with Gasteiger partial charge < -0.3 is 4.74 Å². The van der Waals surface area contributed by atoms with Crippen LogP contribution in [0.2, 0.25) is 0 Å². The number of hydrogen-bond acceptors (Lipinski definition) is 4. The van der Waals surface area contributed by atoms with Crippen LogP contribution in [0.3, 0.4) is 0 Å². The van der Waals surface area contributed by atoms with E-state index in [1.165, 1.54) is 4.68 Å². The molecule has 106 valence electrons. The number of aromatic nitrogens is 4. The topological polar surface area (TPSA) is 72.8 Å². The number of H-pyrrole nitrogens is 1. The highest BCUT2D eigenvalue weighted by Crippen LogP contribution is 2.20. The van der Waals surface area contributed by atoms with Gasteiger partial charge in [-0.05, 0) is 40.2 Å². The third kappa shape index (κ3) is 2.73. The molecule has 1 N–H and O–H groups in total. The molecule has 3 rings (SSSR count). The van der Waals surface area contributed by atoms with E-state index in [9.17, 15) is 4.79 Å². The molecule has 6 nitrogen and oxygen atoms in total. The maximum absolute atomic E-state index is 12.0. The Balaban J connectivity index is 2.05. The van der Waals surface area contributed by atoms with Crippen molar-refractivity contribution in [2.24, 2.45) is 0 Å². The van der Waals surface area contributed by atoms with Gasteiger partial charge in [-0.3, -0.25) is 4.98 Å². The van der Waals surface area contributed by atoms with Gasteiger partial charge in [0.1, 0.15) is 5.75 Å². The van der Waals surface area contributed by atoms with Crippen molar-refractivity contribution < 1.29 is 4.74 Å². The molecule has 7 heteroatoms. The van der Waals surface area contributed by atoms with E-state index in [2.05, 4.69) is 31.0 Å². The summed E-state index contributed by atoms with van der Waals surface area (Å²) in [6, 6.07) is 10.8. The Labute approximate surface area is 128 Å². The molecule has 0 fully saturated rings. The van der Waals surface area contributed by atoms with Crippen LogP contribution in [0.25, 0.3) is 17.2 Å². The quantitative estimate of drug-likeness (QED) is 0.790. The Morgan fingerprint density at radius 3 is 2.86 bits per heavy atom. The molecule has 0 saturated carbocycles. The zero-order valence-electron chi connectivity index (χ0n) is 11.1. The second-order valence-electron chi connectivity index (χ2n) is 4.26. The second-order valence-corrected chi connectivity index (χ2v) is 5.17. The first-order chi connectivity index (χ1) is 10.2. The third-order valence-corrected chi connectivity index (χ3v) is 3.36. The van der Waals surface area contributed by atoms with Gasteiger partial charge in [0, 0.05) is 16.2 Å². The number of halogens is 1. The number of nitrogens with zero attached hydrogens (tertiary/aromatic N) is 3. The highest BCUT2D eigenvalue weighted by atomic mass is 79.9. The second kappa shape index (κ2) is 5.53. The number of aromatic amines is 1. The molecular formula is C14H11BrN4O2. The van der Waals surface area contributed by atoms with E-state index in [0.717, 1.165) is 10.0 Å². The van der Waals surface area contributed by atoms with Gasteiger partial charge in [-0.25, -0.2) is 9.78 Å². The molecule has 0 atom stereocenters. The number of ether oxygens (including phenoxy) is 1. The highest BCUT2D eigenvalue weighted by Gasteiger charge is 2.10. The summed E-state index contributed by atoms with van der Waals surface area (Å²) in [5.41, 5.74) is 0.421. The van der Waals surface area contributed by atoms with Crippen molar-refractivity contribution in [3.8, 4) is 23.0 Å². The molecule has 0 spiro atoms. The number of pyridine rings is 1. The summed E-state index contributed by atoms with van der Waals surface area (Å²) in [5.74, 6) is 1.61. The van der Waals surface area contributed by atoms with Crippen LogP contribution in [-0.4, -0.2) is 26.9 Å². The van der Waals surface area contributed by atoms with Crippen molar-refractivity contribution in [3.63, 3.8) is 0 Å². The highest BCUT2D eigenvalue weighted by molar-refractivity contribution is 9.10. The van der Waals surface area contributed by atoms with E-state index in [4.69, 9.17) is 4.74 Å². The lowest BCUT2D eigenvalue weighted by molar-refractivity contribution is 0.415. The van der Waals surface area contributed by atoms with Gasteiger partial charge in [0.25, 0.3) is 0 Å². The molecule has 0 saturated heterocycles. The fourth-order valence-electron chi connectivity index (χ4n) is 1.87. The summed E-state index contributed by atoms with van der Waals surface area (Å²) in [6.45, 7) is 0. The molecule has 21 heavy (non-hydrogen) atoms. The van der Waals surface area contributed by atoms with Crippen LogP contribution in [0, 0.1) is 0 Å². The predicted molar refractivity (Wildman–Crippen MR) is 81.7 cm³/mol. The lowest BCUT2D eigenvalue weighted by Crippen LogP contribution is -2.16. The summed E-state index contributed by atoms with van der Waals surface area (Å²) in [4.78, 5) is 18.9. The zero-order valence-corrected chi connectivity index (χ0v) is 12.7. The van der Waals surface area contributed by atoms with Crippen LogP contribution in [0.5, 0.6) is 5.75 Å². The fourth-order valence-corrected chi connectivity index (χ4v) is 2.11. The van der Waals surface area contributed by atoms with Crippen LogP contribution in [0.1, 0.15) is 0 Å². The predicted octanol–water partition coefficient (Wildman–Crippen LogP) is 2.39. The third-order valence-electron chi connectivity index (χ3n) is 2.89. The Morgan fingerprint density at radius 1 is 1.29 bits per heavy atom. The van der Waals surface area contributed by atoms with E-state index in [-0.39, 0.29) is 5.69 Å². The molecule has 0 amide bonds. The molecule has 0 unspecified atom stereocenters. The van der Waals surface area contributed by atoms with Gasteiger partial charge in [0.05, 0.1) is 7.11 Å². The van der Waals surface area contributed by atoms with E-state index < -0.39 is 0 Å². The van der Waals surface area contributed by atoms with Crippen LogP contribution >= 0.6 is 15.9 Å². The van der Waals surface area contributed by atoms with Crippen molar-refractivity contribution >= 4 is 15.9 Å². The summed E-state index contributed by atoms with van der Waals surface area (Å²) in [6.07, 6.45) is 1.61. The largest absolute Gasteiger partial charge is 0.497 e. The fraction of sp³-hybridized carbons (Fsp3) is 0.0714. The first-order valence-corrected chi connectivity index (χ1v) is 6.92. The minimum absolute atomic E-state index is 0.345. The van der Waals surface area contributed by atoms with E-state index in [1.807, 2.05) is 18.2 Å². The van der Waals surface area contributed by atoms with Crippen LogP contribution < -0.4 is 10.4 Å². The standard InChI is InChI=1S/C14H11BrN4O2/c1-21-11-4-2-3-9(7-11)13-17-14(20)19(18-13)12-6-5-10(15)8-16-12/h2-8H,1H3,(H,17,18,20). The molecule has 0 aliphatic heterocycles. The van der Waals surface area contributed by atoms with Crippen molar-refractivity contribution in [2.45, 2.75) is 0 Å². The Hall–Kier alpha value is -2.41. The van der Waals surface area contributed by atoms with Crippen molar-refractivity contribution in [3.05, 3.63) is 57.6 Å². The summed E-state index contributed by atoms with van der Waals surface area (Å²) >= 11 is 3.30. The first-order valence-electron chi connectivity index (χ1n) is 6.13. The molecule has 3 aromatic rings. The Kier molecular flexibility index (Phi) is 3.57. The minimum Gasteiger partial charge on any atom is -0.497 e. The number of benzene rings is 1. The van der Waals surface area contributed by atoms with Gasteiger partial charge in [-0.15, -0.1) is 5.10 Å². The molecule has 0 radical (unpaired) electrons. The average molecular weight is 347 g/mol. The summed E-state index contributed by atoms with van der Waals surface area (Å²) in [7, 11) is 1.59. The van der Waals surface area contributed by atoms with Gasteiger partial charge in [-0.1, -0.05) is 12.1 Å². The smallest absolute Gasteiger partial charge is 0.349 e. The van der Waals surface area contributed by atoms with Crippen molar-refractivity contribution in [1.82, 2.24) is 19.7 Å². The van der Waals surface area contributed by atoms with Crippen LogP contribution in [0.15, 0.2) is 51.9 Å². The van der Waals surface area contributed by atoms with Crippen molar-refractivity contribution in [1.29, 1.82) is 0 Å². The molecule has 1 aromatic carbocycles. The maximum Gasteiger partial charge on any atom is 0.349 e. The zero-order chi connectivity index (χ0) is 14.8. The average Bonchev–Trinajstić information content (AvgIpc) is 2.90. The minimum atomic E-state index is -0.345. The molecule has 0 aliphatic rings. The summed E-state index contributed by atoms with van der Waals surface area (Å²) < 4.78 is 7.23. The lowest BCUT2D eigenvalue weighted by Gasteiger charge is -2.01. The van der Waals surface area contributed by atoms with Crippen molar-refractivity contribution in [2.75, 3.05) is 7.11 Å². The van der Waals surface area contributed by atoms with Gasteiger partial charge in [0.15, 0.2) is 11.6 Å². The molecule has 2 heterocycles. The SMILES string of the molecule is COc1cccc(-c2nn(-c3ccc(Br)cn3)c(=O)[nH]2)c1. The first kappa shape index (κ1) is 13.6. The van der Waals surface area contributed by atoms with Crippen LogP contribution in [0.4, 0.5) is 0 Å². The number of nitrogens with one attached hydrogen (secondary N) is 1. The lowest BCUT2D eigenvalue weighted by atomic mass is 10.2. The van der Waals surface area contributed by atoms with Crippen LogP contribution in [-0.2, 0) is 0 Å². The van der Waals surface area contributed by atoms with Gasteiger partial charge >= 0.3 is 5.69 Å². The summed E-state index contributed by atoms with van der Waals surface area (Å²) in [5, 5.41) is 4.27. The van der Waals surface area contributed by atoms with E-state index in [1.54, 1.807) is 31.5 Å². The van der Waals surface area contributed by atoms with E-state index in [0.29, 0.717) is 17.4 Å². The van der Waals surface area contributed by atoms with E-state index >= 15 is 0 Å². The maximum atomic E-state index is 12.0. The Bertz CT molecular complexity index is 823. The number of hydrogen-bond donors (Lipinski definition) is 1. The molecular weight excluding hydrogens is 336 g/mol. The number of methoxy groups -OCH3 is 1. The Morgan fingerprint density at radius 2 is 2.14 bits per heavy atom. The molecule has 0 bridgehead atoms. The molecule has 2 aromatic heterocycles. The molecule has 0 aliphatic carbocycles. The van der Waals surface area contributed by atoms with Gasteiger partial charge in [-0.2, -0.15) is 4.68 Å². The monoisotopic (exact) mass is 346 g/mol. The van der Waals surface area contributed by atoms with Gasteiger partial charge in [0.2, 0.25) is 0 Å². The number of rotatable bonds is 3. The normalized spacial score (nSPS) is 10.6.